The molecule has 1 rings (SSSR count). The van der Waals surface area contributed by atoms with E-state index in [4.69, 9.17) is 5.11 Å². The molecule has 1 fully saturated rings. The molecule has 0 spiro atoms. The first-order valence-corrected chi connectivity index (χ1v) is 7.69. The van der Waals surface area contributed by atoms with Crippen LogP contribution in [0, 0.1) is 5.41 Å². The van der Waals surface area contributed by atoms with Crippen LogP contribution in [-0.4, -0.2) is 29.1 Å². The highest BCUT2D eigenvalue weighted by Gasteiger charge is 2.38. The van der Waals surface area contributed by atoms with Gasteiger partial charge in [0.2, 0.25) is 5.91 Å². The predicted molar refractivity (Wildman–Crippen MR) is 78.8 cm³/mol. The van der Waals surface area contributed by atoms with E-state index in [2.05, 4.69) is 10.6 Å². The molecule has 0 radical (unpaired) electrons. The molecule has 3 amide bonds. The van der Waals surface area contributed by atoms with E-state index >= 15 is 0 Å². The van der Waals surface area contributed by atoms with Gasteiger partial charge in [0.25, 0.3) is 0 Å². The lowest BCUT2D eigenvalue weighted by molar-refractivity contribution is -0.140. The van der Waals surface area contributed by atoms with Crippen molar-refractivity contribution in [2.24, 2.45) is 5.41 Å². The largest absolute Gasteiger partial charge is 0.481 e. The Bertz CT molecular complexity index is 389. The van der Waals surface area contributed by atoms with Gasteiger partial charge in [-0.2, -0.15) is 0 Å². The first-order chi connectivity index (χ1) is 9.87. The number of nitrogens with one attached hydrogen (secondary N) is 2. The molecule has 1 unspecified atom stereocenters. The maximum Gasteiger partial charge on any atom is 0.321 e. The number of hydrogen-bond donors (Lipinski definition) is 3. The minimum atomic E-state index is -0.884. The lowest BCUT2D eigenvalue weighted by Crippen LogP contribution is -2.44. The van der Waals surface area contributed by atoms with E-state index in [1.54, 1.807) is 0 Å². The maximum atomic E-state index is 12.0. The number of amides is 3. The van der Waals surface area contributed by atoms with Gasteiger partial charge in [-0.05, 0) is 31.6 Å². The number of aliphatic carboxylic acids is 1. The van der Waals surface area contributed by atoms with Crippen LogP contribution in [-0.2, 0) is 9.59 Å². The van der Waals surface area contributed by atoms with Crippen molar-refractivity contribution in [3.05, 3.63) is 0 Å². The predicted octanol–water partition coefficient (Wildman–Crippen LogP) is 2.43. The van der Waals surface area contributed by atoms with Crippen LogP contribution in [0.3, 0.4) is 0 Å². The van der Waals surface area contributed by atoms with Crippen molar-refractivity contribution in [1.82, 2.24) is 10.6 Å². The van der Waals surface area contributed by atoms with Gasteiger partial charge in [-0.25, -0.2) is 4.79 Å². The number of hydrogen-bond acceptors (Lipinski definition) is 3. The van der Waals surface area contributed by atoms with E-state index in [1.165, 1.54) is 0 Å². The van der Waals surface area contributed by atoms with Crippen molar-refractivity contribution in [2.45, 2.75) is 71.3 Å². The molecule has 6 heteroatoms. The molecule has 6 nitrogen and oxygen atoms in total. The van der Waals surface area contributed by atoms with Crippen LogP contribution in [0.25, 0.3) is 0 Å². The lowest BCUT2D eigenvalue weighted by atomic mass is 9.79. The van der Waals surface area contributed by atoms with Gasteiger partial charge in [0.05, 0.1) is 6.42 Å². The lowest BCUT2D eigenvalue weighted by Gasteiger charge is -2.26. The summed E-state index contributed by atoms with van der Waals surface area (Å²) in [4.78, 5) is 34.6. The number of urea groups is 1. The Morgan fingerprint density at radius 1 is 1.19 bits per heavy atom. The standard InChI is InChI=1S/C15H26N2O4/c1-3-6-11(2)16-14(21)17-12(18)9-15(10-13(19)20)7-4-5-8-15/h11H,3-10H2,1-2H3,(H,19,20)(H2,16,17,18,21). The first kappa shape index (κ1) is 17.5. The Balaban J connectivity index is 2.47. The van der Waals surface area contributed by atoms with Crippen LogP contribution in [0.15, 0.2) is 0 Å². The second-order valence-corrected chi connectivity index (χ2v) is 6.17. The molecule has 0 aromatic carbocycles. The Morgan fingerprint density at radius 3 is 2.33 bits per heavy atom. The van der Waals surface area contributed by atoms with Crippen LogP contribution in [0.2, 0.25) is 0 Å². The quantitative estimate of drug-likeness (QED) is 0.672. The first-order valence-electron chi connectivity index (χ1n) is 7.69. The third kappa shape index (κ3) is 6.14. The molecule has 0 heterocycles. The number of rotatable bonds is 7. The van der Waals surface area contributed by atoms with Crippen molar-refractivity contribution in [2.75, 3.05) is 0 Å². The average Bonchev–Trinajstić information content (AvgIpc) is 2.75. The minimum Gasteiger partial charge on any atom is -0.481 e. The highest BCUT2D eigenvalue weighted by molar-refractivity contribution is 5.94. The molecule has 0 aromatic heterocycles. The molecular weight excluding hydrogens is 272 g/mol. The van der Waals surface area contributed by atoms with Crippen molar-refractivity contribution in [3.8, 4) is 0 Å². The van der Waals surface area contributed by atoms with Gasteiger partial charge in [0.1, 0.15) is 0 Å². The molecule has 0 bridgehead atoms. The zero-order valence-corrected chi connectivity index (χ0v) is 12.9. The number of carbonyl (C=O) groups excluding carboxylic acids is 2. The molecule has 1 atom stereocenters. The molecule has 21 heavy (non-hydrogen) atoms. The summed E-state index contributed by atoms with van der Waals surface area (Å²) in [6, 6.07) is -0.480. The summed E-state index contributed by atoms with van der Waals surface area (Å²) in [6.45, 7) is 3.91. The van der Waals surface area contributed by atoms with Crippen molar-refractivity contribution in [3.63, 3.8) is 0 Å². The second kappa shape index (κ2) is 8.00. The fourth-order valence-corrected chi connectivity index (χ4v) is 3.14. The van der Waals surface area contributed by atoms with Gasteiger partial charge in [-0.3, -0.25) is 14.9 Å². The van der Waals surface area contributed by atoms with Crippen LogP contribution >= 0.6 is 0 Å². The van der Waals surface area contributed by atoms with Gasteiger partial charge < -0.3 is 10.4 Å². The minimum absolute atomic E-state index is 0.00568. The summed E-state index contributed by atoms with van der Waals surface area (Å²) >= 11 is 0. The van der Waals surface area contributed by atoms with E-state index in [1.807, 2.05) is 13.8 Å². The normalized spacial score (nSPS) is 18.0. The summed E-state index contributed by atoms with van der Waals surface area (Å²) < 4.78 is 0. The monoisotopic (exact) mass is 298 g/mol. The molecule has 1 aliphatic carbocycles. The fraction of sp³-hybridized carbons (Fsp3) is 0.800. The van der Waals surface area contributed by atoms with Gasteiger partial charge in [0, 0.05) is 12.5 Å². The van der Waals surface area contributed by atoms with E-state index < -0.39 is 17.4 Å². The van der Waals surface area contributed by atoms with Crippen molar-refractivity contribution >= 4 is 17.9 Å². The summed E-state index contributed by atoms with van der Waals surface area (Å²) in [6.07, 6.45) is 5.27. The highest BCUT2D eigenvalue weighted by atomic mass is 16.4. The van der Waals surface area contributed by atoms with E-state index in [-0.39, 0.29) is 24.8 Å². The van der Waals surface area contributed by atoms with E-state index in [9.17, 15) is 14.4 Å². The Hall–Kier alpha value is -1.59. The number of carboxylic acids is 1. The molecular formula is C15H26N2O4. The van der Waals surface area contributed by atoms with Gasteiger partial charge in [-0.1, -0.05) is 26.2 Å². The molecule has 1 aliphatic rings. The van der Waals surface area contributed by atoms with E-state index in [0.717, 1.165) is 38.5 Å². The molecule has 0 aliphatic heterocycles. The van der Waals surface area contributed by atoms with E-state index in [0.29, 0.717) is 0 Å². The Morgan fingerprint density at radius 2 is 1.81 bits per heavy atom. The summed E-state index contributed by atoms with van der Waals surface area (Å²) in [7, 11) is 0. The third-order valence-corrected chi connectivity index (χ3v) is 4.08. The maximum absolute atomic E-state index is 12.0. The van der Waals surface area contributed by atoms with Gasteiger partial charge >= 0.3 is 12.0 Å². The zero-order chi connectivity index (χ0) is 15.9. The second-order valence-electron chi connectivity index (χ2n) is 6.17. The van der Waals surface area contributed by atoms with Crippen LogP contribution in [0.4, 0.5) is 4.79 Å². The Labute approximate surface area is 125 Å². The highest BCUT2D eigenvalue weighted by Crippen LogP contribution is 2.43. The topological polar surface area (TPSA) is 95.5 Å². The molecule has 0 aromatic rings. The SMILES string of the molecule is CCCC(C)NC(=O)NC(=O)CC1(CC(=O)O)CCCC1. The molecule has 120 valence electrons. The van der Waals surface area contributed by atoms with Crippen LogP contribution in [0.5, 0.6) is 0 Å². The van der Waals surface area contributed by atoms with Crippen molar-refractivity contribution < 1.29 is 19.5 Å². The molecule has 0 saturated heterocycles. The molecule has 1 saturated carbocycles. The summed E-state index contributed by atoms with van der Waals surface area (Å²) in [5.74, 6) is -1.27. The average molecular weight is 298 g/mol. The zero-order valence-electron chi connectivity index (χ0n) is 12.9. The summed E-state index contributed by atoms with van der Waals surface area (Å²) in [5.41, 5.74) is -0.481. The van der Waals surface area contributed by atoms with Gasteiger partial charge in [-0.15, -0.1) is 0 Å². The molecule has 3 N–H and O–H groups in total. The third-order valence-electron chi connectivity index (χ3n) is 4.08. The van der Waals surface area contributed by atoms with Crippen molar-refractivity contribution in [1.29, 1.82) is 0 Å². The van der Waals surface area contributed by atoms with Gasteiger partial charge in [0.15, 0.2) is 0 Å². The van der Waals surface area contributed by atoms with Crippen LogP contribution in [0.1, 0.15) is 65.2 Å². The number of carboxylic acid groups (broad SMARTS) is 1. The summed E-state index contributed by atoms with van der Waals surface area (Å²) in [5, 5.41) is 14.0. The number of carbonyl (C=O) groups is 3. The smallest absolute Gasteiger partial charge is 0.321 e. The number of imide groups is 1. The Kier molecular flexibility index (Phi) is 6.65. The van der Waals surface area contributed by atoms with Crippen LogP contribution < -0.4 is 10.6 Å². The fourth-order valence-electron chi connectivity index (χ4n) is 3.14.